The zero-order chi connectivity index (χ0) is 15.4. The largest absolute Gasteiger partial charge is 0.368 e. The van der Waals surface area contributed by atoms with Gasteiger partial charge in [0.25, 0.3) is 0 Å². The van der Waals surface area contributed by atoms with Gasteiger partial charge >= 0.3 is 0 Å². The third-order valence-corrected chi connectivity index (χ3v) is 4.09. The molecule has 2 N–H and O–H groups in total. The minimum Gasteiger partial charge on any atom is -0.368 e. The fraction of sp³-hybridized carbons (Fsp3) is 0.786. The van der Waals surface area contributed by atoms with E-state index in [2.05, 4.69) is 57.6 Å². The van der Waals surface area contributed by atoms with Gasteiger partial charge in [-0.05, 0) is 40.8 Å². The van der Waals surface area contributed by atoms with E-state index in [0.29, 0.717) is 23.9 Å². The van der Waals surface area contributed by atoms with Gasteiger partial charge in [-0.3, -0.25) is 0 Å². The van der Waals surface area contributed by atoms with Crippen LogP contribution in [-0.2, 0) is 0 Å². The summed E-state index contributed by atoms with van der Waals surface area (Å²) >= 11 is 0. The van der Waals surface area contributed by atoms with Crippen molar-refractivity contribution in [1.29, 1.82) is 0 Å². The van der Waals surface area contributed by atoms with Crippen LogP contribution in [0.1, 0.15) is 26.7 Å². The maximum absolute atomic E-state index is 5.88. The zero-order valence-corrected chi connectivity index (χ0v) is 13.6. The van der Waals surface area contributed by atoms with Crippen LogP contribution in [0.2, 0.25) is 0 Å². The average Bonchev–Trinajstić information content (AvgIpc) is 2.48. The summed E-state index contributed by atoms with van der Waals surface area (Å²) in [5.74, 6) is 1.68. The van der Waals surface area contributed by atoms with Crippen LogP contribution in [0.4, 0.5) is 17.8 Å². The van der Waals surface area contributed by atoms with Gasteiger partial charge in [-0.2, -0.15) is 15.0 Å². The van der Waals surface area contributed by atoms with E-state index in [4.69, 9.17) is 5.73 Å². The number of piperidine rings is 1. The molecule has 1 unspecified atom stereocenters. The van der Waals surface area contributed by atoms with Gasteiger partial charge in [0.2, 0.25) is 17.8 Å². The first-order valence-corrected chi connectivity index (χ1v) is 7.73. The van der Waals surface area contributed by atoms with Crippen molar-refractivity contribution in [3.63, 3.8) is 0 Å². The number of nitrogens with zero attached hydrogens (tertiary/aromatic N) is 6. The molecule has 0 aromatic carbocycles. The summed E-state index contributed by atoms with van der Waals surface area (Å²) < 4.78 is 0. The third kappa shape index (κ3) is 3.72. The predicted molar refractivity (Wildman–Crippen MR) is 86.7 cm³/mol. The SMILES string of the molecule is CCN(CC)c1nc(N)nc(N2CCCC(N(C)C)C2)n1. The molecular weight excluding hydrogens is 266 g/mol. The van der Waals surface area contributed by atoms with Gasteiger partial charge in [-0.15, -0.1) is 0 Å². The van der Waals surface area contributed by atoms with Gasteiger partial charge in [0, 0.05) is 32.2 Å². The van der Waals surface area contributed by atoms with Crippen LogP contribution in [-0.4, -0.2) is 66.2 Å². The van der Waals surface area contributed by atoms with Crippen LogP contribution < -0.4 is 15.5 Å². The first-order valence-electron chi connectivity index (χ1n) is 7.73. The monoisotopic (exact) mass is 293 g/mol. The minimum absolute atomic E-state index is 0.300. The van der Waals surface area contributed by atoms with Crippen LogP contribution in [0.5, 0.6) is 0 Å². The summed E-state index contributed by atoms with van der Waals surface area (Å²) in [4.78, 5) is 19.8. The number of aromatic nitrogens is 3. The van der Waals surface area contributed by atoms with E-state index in [1.807, 2.05) is 0 Å². The lowest BCUT2D eigenvalue weighted by molar-refractivity contribution is 0.257. The molecule has 1 aliphatic heterocycles. The maximum Gasteiger partial charge on any atom is 0.232 e. The van der Waals surface area contributed by atoms with Crippen LogP contribution in [0.3, 0.4) is 0 Å². The van der Waals surface area contributed by atoms with Crippen molar-refractivity contribution in [2.45, 2.75) is 32.7 Å². The summed E-state index contributed by atoms with van der Waals surface area (Å²) in [6.45, 7) is 7.82. The van der Waals surface area contributed by atoms with E-state index < -0.39 is 0 Å². The third-order valence-electron chi connectivity index (χ3n) is 4.09. The Hall–Kier alpha value is -1.63. The second kappa shape index (κ2) is 6.89. The molecule has 1 aliphatic rings. The number of nitrogens with two attached hydrogens (primary N) is 1. The van der Waals surface area contributed by atoms with Gasteiger partial charge in [-0.1, -0.05) is 0 Å². The molecule has 2 heterocycles. The van der Waals surface area contributed by atoms with Crippen molar-refractivity contribution in [3.05, 3.63) is 0 Å². The normalized spacial score (nSPS) is 19.1. The summed E-state index contributed by atoms with van der Waals surface area (Å²) in [7, 11) is 4.24. The lowest BCUT2D eigenvalue weighted by Gasteiger charge is -2.36. The molecule has 1 saturated heterocycles. The van der Waals surface area contributed by atoms with E-state index in [0.717, 1.165) is 32.6 Å². The summed E-state index contributed by atoms with van der Waals surface area (Å²) in [5.41, 5.74) is 5.88. The van der Waals surface area contributed by atoms with Gasteiger partial charge in [0.1, 0.15) is 0 Å². The molecule has 1 atom stereocenters. The molecule has 0 amide bonds. The highest BCUT2D eigenvalue weighted by atomic mass is 15.4. The van der Waals surface area contributed by atoms with Crippen LogP contribution in [0.25, 0.3) is 0 Å². The molecule has 0 radical (unpaired) electrons. The quantitative estimate of drug-likeness (QED) is 0.862. The molecule has 118 valence electrons. The number of anilines is 3. The van der Waals surface area contributed by atoms with Crippen LogP contribution >= 0.6 is 0 Å². The molecule has 0 bridgehead atoms. The summed E-state index contributed by atoms with van der Waals surface area (Å²) in [6, 6.07) is 0.536. The predicted octanol–water partition coefficient (Wildman–Crippen LogP) is 0.830. The Kier molecular flexibility index (Phi) is 5.17. The van der Waals surface area contributed by atoms with Crippen molar-refractivity contribution in [3.8, 4) is 0 Å². The summed E-state index contributed by atoms with van der Waals surface area (Å²) in [5, 5.41) is 0. The Labute approximate surface area is 127 Å². The van der Waals surface area contributed by atoms with Gasteiger partial charge in [0.15, 0.2) is 0 Å². The number of likely N-dealkylation sites (N-methyl/N-ethyl adjacent to an activating group) is 1. The highest BCUT2D eigenvalue weighted by Crippen LogP contribution is 2.21. The van der Waals surface area contributed by atoms with Crippen LogP contribution in [0.15, 0.2) is 0 Å². The molecular formula is C14H27N7. The fourth-order valence-electron chi connectivity index (χ4n) is 2.72. The number of nitrogen functional groups attached to an aromatic ring is 1. The van der Waals surface area contributed by atoms with E-state index in [1.165, 1.54) is 6.42 Å². The van der Waals surface area contributed by atoms with Crippen molar-refractivity contribution >= 4 is 17.8 Å². The molecule has 0 aliphatic carbocycles. The van der Waals surface area contributed by atoms with Crippen molar-refractivity contribution in [2.24, 2.45) is 0 Å². The second-order valence-corrected chi connectivity index (χ2v) is 5.67. The van der Waals surface area contributed by atoms with Gasteiger partial charge in [0.05, 0.1) is 0 Å². The molecule has 21 heavy (non-hydrogen) atoms. The van der Waals surface area contributed by atoms with Crippen molar-refractivity contribution < 1.29 is 0 Å². The van der Waals surface area contributed by atoms with E-state index in [-0.39, 0.29) is 0 Å². The molecule has 1 aromatic heterocycles. The molecule has 0 spiro atoms. The Bertz CT molecular complexity index is 459. The Balaban J connectivity index is 2.22. The summed E-state index contributed by atoms with van der Waals surface area (Å²) in [6.07, 6.45) is 2.36. The fourth-order valence-corrected chi connectivity index (χ4v) is 2.72. The molecule has 7 heteroatoms. The number of rotatable bonds is 5. The second-order valence-electron chi connectivity index (χ2n) is 5.67. The van der Waals surface area contributed by atoms with E-state index >= 15 is 0 Å². The highest BCUT2D eigenvalue weighted by Gasteiger charge is 2.24. The average molecular weight is 293 g/mol. The Morgan fingerprint density at radius 3 is 2.52 bits per heavy atom. The Morgan fingerprint density at radius 2 is 1.90 bits per heavy atom. The van der Waals surface area contributed by atoms with Crippen molar-refractivity contribution in [2.75, 3.05) is 55.8 Å². The standard InChI is InChI=1S/C14H27N7/c1-5-20(6-2)13-16-12(15)17-14(18-13)21-9-7-8-11(10-21)19(3)4/h11H,5-10H2,1-4H3,(H2,15,16,17,18). The van der Waals surface area contributed by atoms with E-state index in [9.17, 15) is 0 Å². The molecule has 7 nitrogen and oxygen atoms in total. The lowest BCUT2D eigenvalue weighted by Crippen LogP contribution is -2.46. The molecule has 0 saturated carbocycles. The first-order chi connectivity index (χ1) is 10.0. The number of hydrogen-bond donors (Lipinski definition) is 1. The minimum atomic E-state index is 0.300. The van der Waals surface area contributed by atoms with Crippen molar-refractivity contribution in [1.82, 2.24) is 19.9 Å². The zero-order valence-electron chi connectivity index (χ0n) is 13.6. The number of hydrogen-bond acceptors (Lipinski definition) is 7. The smallest absolute Gasteiger partial charge is 0.232 e. The topological polar surface area (TPSA) is 74.4 Å². The molecule has 1 fully saturated rings. The Morgan fingerprint density at radius 1 is 1.19 bits per heavy atom. The van der Waals surface area contributed by atoms with E-state index in [1.54, 1.807) is 0 Å². The maximum atomic E-state index is 5.88. The van der Waals surface area contributed by atoms with Crippen LogP contribution in [0, 0.1) is 0 Å². The van der Waals surface area contributed by atoms with Gasteiger partial charge < -0.3 is 20.4 Å². The highest BCUT2D eigenvalue weighted by molar-refractivity contribution is 5.43. The van der Waals surface area contributed by atoms with Gasteiger partial charge in [-0.25, -0.2) is 0 Å². The first kappa shape index (κ1) is 15.8. The molecule has 2 rings (SSSR count). The molecule has 1 aromatic rings. The lowest BCUT2D eigenvalue weighted by atomic mass is 10.1.